The van der Waals surface area contributed by atoms with Crippen LogP contribution in [0.4, 0.5) is 5.69 Å². The summed E-state index contributed by atoms with van der Waals surface area (Å²) in [5, 5.41) is 71.8. The second kappa shape index (κ2) is 23.7. The highest BCUT2D eigenvalue weighted by atomic mass is 16.5. The number of aryl methyl sites for hydroxylation is 1. The van der Waals surface area contributed by atoms with Crippen LogP contribution in [0.5, 0.6) is 17.2 Å². The lowest BCUT2D eigenvalue weighted by atomic mass is 9.61. The van der Waals surface area contributed by atoms with Gasteiger partial charge in [0, 0.05) is 72.7 Å². The van der Waals surface area contributed by atoms with Gasteiger partial charge < -0.3 is 51.2 Å². The number of carbonyl (C=O) groups excluding carboxylic acids is 2. The number of dihydropyridines is 1. The summed E-state index contributed by atoms with van der Waals surface area (Å²) in [4.78, 5) is 33.2. The van der Waals surface area contributed by atoms with Crippen LogP contribution in [0, 0.1) is 41.4 Å². The zero-order chi connectivity index (χ0) is 53.8. The summed E-state index contributed by atoms with van der Waals surface area (Å²) >= 11 is 0. The molecule has 0 saturated heterocycles. The monoisotopic (exact) mass is 1040 g/mol. The molecule has 1 aromatic heterocycles. The number of ketones is 2. The molecule has 9 bridgehead atoms. The number of aromatic amines is 1. The number of rotatable bonds is 4. The zero-order valence-corrected chi connectivity index (χ0v) is 45.0. The smallest absolute Gasteiger partial charge is 0.173 e. The number of carbonyl (C=O) groups is 2. The molecule has 2 fully saturated rings. The zero-order valence-electron chi connectivity index (χ0n) is 45.0. The molecule has 1 spiro atoms. The third kappa shape index (κ3) is 11.6. The molecule has 5 aliphatic rings. The number of aromatic hydroxyl groups is 2. The number of Topliss-reactive ketones (excluding diaryl/α,β-unsaturated/α-hetero) is 2. The predicted molar refractivity (Wildman–Crippen MR) is 302 cm³/mol. The van der Waals surface area contributed by atoms with Crippen LogP contribution in [-0.4, -0.2) is 87.1 Å². The summed E-state index contributed by atoms with van der Waals surface area (Å²) in [6, 6.07) is 25.4. The Labute approximate surface area is 453 Å². The van der Waals surface area contributed by atoms with E-state index < -0.39 is 53.0 Å². The number of β-amino-alcohol motifs (C(OH)–C–C–N with tert-alkyl or cyclic N) is 1. The van der Waals surface area contributed by atoms with Crippen LogP contribution in [-0.2, 0) is 27.8 Å². The maximum absolute atomic E-state index is 15.2. The van der Waals surface area contributed by atoms with Gasteiger partial charge in [-0.25, -0.2) is 0 Å². The van der Waals surface area contributed by atoms with Crippen molar-refractivity contribution < 1.29 is 39.9 Å². The first kappa shape index (κ1) is 54.0. The van der Waals surface area contributed by atoms with Crippen LogP contribution < -0.4 is 20.7 Å². The summed E-state index contributed by atoms with van der Waals surface area (Å²) in [6.45, 7) is 5.88. The van der Waals surface area contributed by atoms with Gasteiger partial charge >= 0.3 is 0 Å². The Bertz CT molecular complexity index is 3050. The average molecular weight is 1040 g/mol. The van der Waals surface area contributed by atoms with E-state index in [2.05, 4.69) is 71.0 Å². The predicted octanol–water partition coefficient (Wildman–Crippen LogP) is 9.98. The van der Waals surface area contributed by atoms with Gasteiger partial charge in [-0.1, -0.05) is 106 Å². The summed E-state index contributed by atoms with van der Waals surface area (Å²) in [5.41, 5.74) is 6.57. The molecule has 4 aromatic carbocycles. The molecule has 12 heteroatoms. The highest BCUT2D eigenvalue weighted by molar-refractivity contribution is 6.06. The summed E-state index contributed by atoms with van der Waals surface area (Å²) < 4.78 is 5.54. The summed E-state index contributed by atoms with van der Waals surface area (Å²) in [6.07, 6.45) is 12.0. The third-order valence-electron chi connectivity index (χ3n) is 18.1. The van der Waals surface area contributed by atoms with Gasteiger partial charge in [-0.05, 0) is 150 Å². The maximum atomic E-state index is 15.2. The molecule has 5 aromatic rings. The van der Waals surface area contributed by atoms with E-state index in [1.807, 2.05) is 60.7 Å². The minimum Gasteiger partial charge on any atom is -0.507 e. The van der Waals surface area contributed by atoms with Crippen molar-refractivity contribution in [3.63, 3.8) is 0 Å². The van der Waals surface area contributed by atoms with E-state index in [1.165, 1.54) is 7.11 Å². The van der Waals surface area contributed by atoms with Crippen molar-refractivity contribution in [2.75, 3.05) is 32.1 Å². The largest absolute Gasteiger partial charge is 0.507 e. The number of hydrogen-bond acceptors (Lipinski definition) is 11. The number of hydrogen-bond donors (Lipinski definition) is 9. The molecule has 2 saturated carbocycles. The van der Waals surface area contributed by atoms with Gasteiger partial charge in [-0.15, -0.1) is 0 Å². The number of aromatic nitrogens is 1. The number of aliphatic hydroxyl groups excluding tert-OH is 3. The first-order chi connectivity index (χ1) is 37.3. The number of methoxy groups -OCH3 is 1. The Hall–Kier alpha value is -6.36. The van der Waals surface area contributed by atoms with Gasteiger partial charge in [-0.3, -0.25) is 9.59 Å². The van der Waals surface area contributed by atoms with Crippen LogP contribution in [0.15, 0.2) is 109 Å². The van der Waals surface area contributed by atoms with Gasteiger partial charge in [-0.2, -0.15) is 0 Å². The Balaban J connectivity index is 1.10. The van der Waals surface area contributed by atoms with Crippen LogP contribution in [0.1, 0.15) is 136 Å². The fourth-order valence-corrected chi connectivity index (χ4v) is 13.9. The Kier molecular flexibility index (Phi) is 16.6. The molecule has 77 heavy (non-hydrogen) atoms. The highest BCUT2D eigenvalue weighted by Gasteiger charge is 2.50. The SMILES string of the molecule is CCC[C@H]1[C@H]2C[C@H](CC3=CCNC(=C3)Nc3ccc4ccc(c(O)c4c3)C[C@H](O)CNC[C@@H](C)c3c[nH]c(c3)C3(CCCCC3)[C@@H]1O)C[C@@H]1C#C[C@H](c3ccccc3)c3cc(O)c(OC)cc3CCC(=O)[C@H](O)C(=O)[C@H]1C2. The van der Waals surface area contributed by atoms with Crippen molar-refractivity contribution in [2.45, 2.75) is 139 Å². The molecular formula is C65H78N4O8. The van der Waals surface area contributed by atoms with Crippen molar-refractivity contribution in [3.05, 3.63) is 142 Å². The molecule has 2 aliphatic heterocycles. The first-order valence-electron chi connectivity index (χ1n) is 28.4. The molecule has 12 nitrogen and oxygen atoms in total. The van der Waals surface area contributed by atoms with Crippen molar-refractivity contribution in [3.8, 4) is 29.1 Å². The molecule has 406 valence electrons. The Morgan fingerprint density at radius 3 is 2.43 bits per heavy atom. The van der Waals surface area contributed by atoms with E-state index in [0.29, 0.717) is 62.7 Å². The second-order valence-electron chi connectivity index (χ2n) is 23.1. The van der Waals surface area contributed by atoms with E-state index in [1.54, 1.807) is 12.1 Å². The number of anilines is 1. The summed E-state index contributed by atoms with van der Waals surface area (Å²) in [7, 11) is 1.48. The van der Waals surface area contributed by atoms with Crippen molar-refractivity contribution >= 4 is 28.0 Å². The lowest BCUT2D eigenvalue weighted by Crippen LogP contribution is -2.48. The number of benzene rings is 4. The fourth-order valence-electron chi connectivity index (χ4n) is 13.9. The van der Waals surface area contributed by atoms with E-state index in [0.717, 1.165) is 95.4 Å². The van der Waals surface area contributed by atoms with Gasteiger partial charge in [0.25, 0.3) is 0 Å². The molecule has 3 heterocycles. The topological polar surface area (TPSA) is 196 Å². The van der Waals surface area contributed by atoms with Gasteiger partial charge in [0.2, 0.25) is 0 Å². The maximum Gasteiger partial charge on any atom is 0.173 e. The number of nitrogens with one attached hydrogen (secondary N) is 4. The fraction of sp³-hybridized carbons (Fsp3) is 0.477. The number of aliphatic hydroxyl groups is 3. The Morgan fingerprint density at radius 2 is 1.64 bits per heavy atom. The number of H-pyrrole nitrogens is 1. The second-order valence-corrected chi connectivity index (χ2v) is 23.1. The minimum absolute atomic E-state index is 0.00404. The Morgan fingerprint density at radius 1 is 0.831 bits per heavy atom. The lowest BCUT2D eigenvalue weighted by Gasteiger charge is -2.46. The van der Waals surface area contributed by atoms with Crippen LogP contribution in [0.3, 0.4) is 0 Å². The molecule has 0 amide bonds. The third-order valence-corrected chi connectivity index (χ3v) is 18.1. The normalized spacial score (nSPS) is 28.3. The van der Waals surface area contributed by atoms with Gasteiger partial charge in [0.1, 0.15) is 11.6 Å². The molecule has 9 N–H and O–H groups in total. The number of fused-ring (bicyclic) bond motifs is 10. The van der Waals surface area contributed by atoms with E-state index in [4.69, 9.17) is 4.74 Å². The standard InChI is InChI=1S/C65H78N4O8/c1-4-11-52-47-28-41(27-44-17-20-51(42-12-7-5-8-13-42)53-35-57(72)58(77-3)32-45(53)18-21-56(71)63(75)62(74)54(44)31-47)26-40-22-25-67-60(29-40)69-49-19-16-43-14-15-46(61(73)55(43)34-49)30-50(70)38-66-36-39(2)48-33-59(68-37-48)65(64(52)76)23-9-6-10-24-65/h5,7-8,12-16,19,22,29,32-35,37,39,41,44,47,50-52,54,63-64,66-70,72-73,75-76H,4,6,9-11,18,21,23-28,30-31,36,38H2,1-3H3/t39-,41-,44+,47+,50+,51-,52+,54+,63+,64-/m1/s1. The van der Waals surface area contributed by atoms with Crippen molar-refractivity contribution in [1.29, 1.82) is 0 Å². The van der Waals surface area contributed by atoms with Crippen molar-refractivity contribution in [2.24, 2.45) is 29.6 Å². The average Bonchev–Trinajstić information content (AvgIpc) is 3.97. The van der Waals surface area contributed by atoms with E-state index in [-0.39, 0.29) is 53.8 Å². The molecule has 3 aliphatic carbocycles. The highest BCUT2D eigenvalue weighted by Crippen LogP contribution is 2.51. The van der Waals surface area contributed by atoms with Crippen molar-refractivity contribution in [1.82, 2.24) is 15.6 Å². The van der Waals surface area contributed by atoms with E-state index >= 15 is 4.79 Å². The molecule has 10 atom stereocenters. The van der Waals surface area contributed by atoms with Crippen LogP contribution in [0.25, 0.3) is 10.8 Å². The molecule has 0 radical (unpaired) electrons. The van der Waals surface area contributed by atoms with Gasteiger partial charge in [0.15, 0.2) is 29.2 Å². The molecular weight excluding hydrogens is 965 g/mol. The quantitative estimate of drug-likeness (QED) is 0.0614. The molecule has 0 unspecified atom stereocenters. The lowest BCUT2D eigenvalue weighted by molar-refractivity contribution is -0.142. The van der Waals surface area contributed by atoms with E-state index in [9.17, 15) is 30.3 Å². The van der Waals surface area contributed by atoms with Crippen LogP contribution in [0.2, 0.25) is 0 Å². The first-order valence-corrected chi connectivity index (χ1v) is 28.4. The number of allylic oxidation sites excluding steroid dienone is 2. The van der Waals surface area contributed by atoms with Crippen LogP contribution >= 0.6 is 0 Å². The summed E-state index contributed by atoms with van der Waals surface area (Å²) in [5.74, 6) is 5.38. The number of phenolic OH excluding ortho intramolecular Hbond substituents is 2. The minimum atomic E-state index is -1.84. The van der Waals surface area contributed by atoms with Gasteiger partial charge in [0.05, 0.1) is 25.2 Å². The molecule has 10 rings (SSSR count). The number of ether oxygens (including phenoxy) is 1. The number of phenols is 2.